The molecule has 1 aromatic carbocycles. The number of hydrogen-bond donors (Lipinski definition) is 2. The molecule has 0 aromatic heterocycles. The van der Waals surface area contributed by atoms with Crippen molar-refractivity contribution in [1.29, 1.82) is 0 Å². The van der Waals surface area contributed by atoms with E-state index in [1.807, 2.05) is 7.05 Å². The van der Waals surface area contributed by atoms with Crippen molar-refractivity contribution in [1.82, 2.24) is 10.2 Å². The lowest BCUT2D eigenvalue weighted by atomic mass is 9.85. The Balaban J connectivity index is 1.86. The molecule has 1 amide bonds. The second kappa shape index (κ2) is 9.44. The quantitative estimate of drug-likeness (QED) is 0.644. The molecule has 2 N–H and O–H groups in total. The number of allylic oxidation sites excluding steroid dienone is 1. The van der Waals surface area contributed by atoms with Crippen molar-refractivity contribution in [3.8, 4) is 0 Å². The molecular weight excluding hydrogens is 360 g/mol. The van der Waals surface area contributed by atoms with Crippen LogP contribution in [0.1, 0.15) is 81.5 Å². The van der Waals surface area contributed by atoms with Gasteiger partial charge in [0.2, 0.25) is 5.91 Å². The number of carbonyl (C=O) groups excluding carboxylic acids is 1. The topological polar surface area (TPSA) is 52.6 Å². The van der Waals surface area contributed by atoms with Crippen LogP contribution in [0.4, 0.5) is 0 Å². The lowest BCUT2D eigenvalue weighted by molar-refractivity contribution is -0.123. The van der Waals surface area contributed by atoms with Crippen LogP contribution < -0.4 is 5.32 Å². The summed E-state index contributed by atoms with van der Waals surface area (Å²) < 4.78 is 0. The van der Waals surface area contributed by atoms with E-state index in [0.717, 1.165) is 25.0 Å². The number of nitrogens with one attached hydrogen (secondary N) is 1. The summed E-state index contributed by atoms with van der Waals surface area (Å²) in [5, 5.41) is 13.9. The van der Waals surface area contributed by atoms with Crippen LogP contribution >= 0.6 is 0 Å². The molecule has 160 valence electrons. The number of aliphatic hydroxyl groups is 1. The Morgan fingerprint density at radius 3 is 2.59 bits per heavy atom. The third-order valence-electron chi connectivity index (χ3n) is 6.29. The number of aryl methyl sites for hydroxylation is 1. The molecule has 1 heterocycles. The summed E-state index contributed by atoms with van der Waals surface area (Å²) in [4.78, 5) is 14.6. The number of nitrogens with zero attached hydrogens (tertiary/aromatic N) is 1. The molecule has 4 heteroatoms. The van der Waals surface area contributed by atoms with Gasteiger partial charge in [0.15, 0.2) is 0 Å². The number of amides is 1. The second-order valence-electron chi connectivity index (χ2n) is 9.45. The van der Waals surface area contributed by atoms with Gasteiger partial charge in [0.1, 0.15) is 0 Å². The average Bonchev–Trinajstić information content (AvgIpc) is 3.09. The molecule has 0 bridgehead atoms. The fourth-order valence-corrected chi connectivity index (χ4v) is 4.80. The van der Waals surface area contributed by atoms with Gasteiger partial charge in [-0.3, -0.25) is 9.69 Å². The van der Waals surface area contributed by atoms with E-state index in [2.05, 4.69) is 35.3 Å². The molecule has 1 aromatic rings. The predicted octanol–water partition coefficient (Wildman–Crippen LogP) is 4.23. The van der Waals surface area contributed by atoms with E-state index in [1.165, 1.54) is 60.8 Å². The van der Waals surface area contributed by atoms with Gasteiger partial charge in [0, 0.05) is 6.54 Å². The Hall–Kier alpha value is -1.65. The summed E-state index contributed by atoms with van der Waals surface area (Å²) in [5.74, 6) is -0.0333. The lowest BCUT2D eigenvalue weighted by Crippen LogP contribution is -2.51. The summed E-state index contributed by atoms with van der Waals surface area (Å²) in [5.41, 5.74) is 5.46. The largest absolute Gasteiger partial charge is 0.388 e. The van der Waals surface area contributed by atoms with Crippen molar-refractivity contribution in [2.75, 3.05) is 13.6 Å². The van der Waals surface area contributed by atoms with Gasteiger partial charge in [-0.15, -0.1) is 0 Å². The number of benzene rings is 1. The minimum atomic E-state index is -1.02. The highest BCUT2D eigenvalue weighted by atomic mass is 16.3. The molecule has 0 saturated carbocycles. The van der Waals surface area contributed by atoms with Gasteiger partial charge in [-0.1, -0.05) is 57.2 Å². The molecule has 0 radical (unpaired) electrons. The first kappa shape index (κ1) is 22.0. The highest BCUT2D eigenvalue weighted by Crippen LogP contribution is 2.39. The van der Waals surface area contributed by atoms with Crippen molar-refractivity contribution >= 4 is 11.5 Å². The average molecular weight is 399 g/mol. The van der Waals surface area contributed by atoms with E-state index in [0.29, 0.717) is 6.54 Å². The van der Waals surface area contributed by atoms with Crippen molar-refractivity contribution in [2.24, 2.45) is 0 Å². The Kier molecular flexibility index (Phi) is 7.18. The Labute approximate surface area is 176 Å². The number of rotatable bonds is 8. The van der Waals surface area contributed by atoms with Crippen LogP contribution in [-0.4, -0.2) is 41.1 Å². The molecule has 1 unspecified atom stereocenters. The minimum Gasteiger partial charge on any atom is -0.388 e. The molecule has 0 saturated heterocycles. The van der Waals surface area contributed by atoms with Crippen LogP contribution in [-0.2, 0) is 24.2 Å². The number of carbonyl (C=O) groups is 1. The van der Waals surface area contributed by atoms with E-state index in [4.69, 9.17) is 0 Å². The SMILES string of the molecule is CCCCCCCCc1ccc2c3c1CC=C3C(C(C)(C)O)NC(=O)CN(C)C2. The summed E-state index contributed by atoms with van der Waals surface area (Å²) in [7, 11) is 1.99. The van der Waals surface area contributed by atoms with Crippen LogP contribution in [0.15, 0.2) is 18.2 Å². The Morgan fingerprint density at radius 2 is 1.86 bits per heavy atom. The zero-order valence-electron chi connectivity index (χ0n) is 18.7. The van der Waals surface area contributed by atoms with Crippen LogP contribution in [0, 0.1) is 0 Å². The number of likely N-dealkylation sites (N-methyl/N-ethyl adjacent to an activating group) is 1. The first-order chi connectivity index (χ1) is 13.8. The highest BCUT2D eigenvalue weighted by Gasteiger charge is 2.37. The van der Waals surface area contributed by atoms with Crippen LogP contribution in [0.2, 0.25) is 0 Å². The predicted molar refractivity (Wildman–Crippen MR) is 120 cm³/mol. The Morgan fingerprint density at radius 1 is 1.14 bits per heavy atom. The fourth-order valence-electron chi connectivity index (χ4n) is 4.80. The normalized spacial score (nSPS) is 19.8. The molecule has 4 nitrogen and oxygen atoms in total. The number of hydrogen-bond acceptors (Lipinski definition) is 3. The van der Waals surface area contributed by atoms with Crippen LogP contribution in [0.3, 0.4) is 0 Å². The first-order valence-electron chi connectivity index (χ1n) is 11.4. The maximum Gasteiger partial charge on any atom is 0.234 e. The van der Waals surface area contributed by atoms with Crippen LogP contribution in [0.5, 0.6) is 0 Å². The molecular formula is C25H38N2O2. The van der Waals surface area contributed by atoms with Gasteiger partial charge in [0.05, 0.1) is 18.2 Å². The van der Waals surface area contributed by atoms with Gasteiger partial charge in [0.25, 0.3) is 0 Å². The lowest BCUT2D eigenvalue weighted by Gasteiger charge is -2.32. The van der Waals surface area contributed by atoms with E-state index in [1.54, 1.807) is 13.8 Å². The van der Waals surface area contributed by atoms with E-state index in [-0.39, 0.29) is 11.9 Å². The van der Waals surface area contributed by atoms with E-state index < -0.39 is 5.60 Å². The summed E-state index contributed by atoms with van der Waals surface area (Å²) in [6.45, 7) is 6.93. The molecule has 1 atom stereocenters. The maximum absolute atomic E-state index is 12.5. The van der Waals surface area contributed by atoms with E-state index in [9.17, 15) is 9.90 Å². The van der Waals surface area contributed by atoms with Gasteiger partial charge in [-0.05, 0) is 68.0 Å². The van der Waals surface area contributed by atoms with Crippen molar-refractivity contribution in [2.45, 2.75) is 90.3 Å². The number of unbranched alkanes of at least 4 members (excludes halogenated alkanes) is 5. The van der Waals surface area contributed by atoms with Crippen molar-refractivity contribution in [3.63, 3.8) is 0 Å². The molecule has 2 aliphatic rings. The summed E-state index contributed by atoms with van der Waals surface area (Å²) >= 11 is 0. The summed E-state index contributed by atoms with van der Waals surface area (Å²) in [6.07, 6.45) is 12.1. The Bertz CT molecular complexity index is 761. The third-order valence-corrected chi connectivity index (χ3v) is 6.29. The van der Waals surface area contributed by atoms with Gasteiger partial charge in [-0.2, -0.15) is 0 Å². The summed E-state index contributed by atoms with van der Waals surface area (Å²) in [6, 6.07) is 4.17. The maximum atomic E-state index is 12.5. The molecule has 1 aliphatic carbocycles. The molecule has 3 rings (SSSR count). The minimum absolute atomic E-state index is 0.0333. The van der Waals surface area contributed by atoms with Gasteiger partial charge < -0.3 is 10.4 Å². The smallest absolute Gasteiger partial charge is 0.234 e. The van der Waals surface area contributed by atoms with Crippen LogP contribution in [0.25, 0.3) is 5.57 Å². The highest BCUT2D eigenvalue weighted by molar-refractivity contribution is 5.86. The monoisotopic (exact) mass is 398 g/mol. The third kappa shape index (κ3) is 5.29. The molecule has 29 heavy (non-hydrogen) atoms. The zero-order chi connectivity index (χ0) is 21.0. The first-order valence-corrected chi connectivity index (χ1v) is 11.4. The molecule has 0 fully saturated rings. The van der Waals surface area contributed by atoms with Gasteiger partial charge >= 0.3 is 0 Å². The van der Waals surface area contributed by atoms with Crippen molar-refractivity contribution < 1.29 is 9.90 Å². The molecule has 0 spiro atoms. The zero-order valence-corrected chi connectivity index (χ0v) is 18.7. The standard InChI is InChI=1S/C25H38N2O2/c1-5-6-7-8-9-10-11-18-12-13-19-16-27(4)17-22(28)26-24(25(2,3)29)21-15-14-20(18)23(19)21/h12-13,15,24,29H,5-11,14,16-17H2,1-4H3,(H,26,28). The second-order valence-corrected chi connectivity index (χ2v) is 9.45. The van der Waals surface area contributed by atoms with Crippen molar-refractivity contribution in [3.05, 3.63) is 40.5 Å². The molecule has 1 aliphatic heterocycles. The fraction of sp³-hybridized carbons (Fsp3) is 0.640. The van der Waals surface area contributed by atoms with E-state index >= 15 is 0 Å². The van der Waals surface area contributed by atoms with Gasteiger partial charge in [-0.25, -0.2) is 0 Å².